The van der Waals surface area contributed by atoms with Gasteiger partial charge < -0.3 is 14.2 Å². The highest BCUT2D eigenvalue weighted by Gasteiger charge is 2.25. The van der Waals surface area contributed by atoms with Crippen LogP contribution in [0.4, 0.5) is 5.69 Å². The average molecular weight is 362 g/mol. The Bertz CT molecular complexity index is 1030. The van der Waals surface area contributed by atoms with Crippen LogP contribution >= 0.6 is 0 Å². The first-order valence-corrected chi connectivity index (χ1v) is 9.32. The molecule has 1 aliphatic rings. The van der Waals surface area contributed by atoms with E-state index in [1.807, 2.05) is 18.2 Å². The Morgan fingerprint density at radius 1 is 1.00 bits per heavy atom. The van der Waals surface area contributed by atoms with Crippen molar-refractivity contribution in [2.75, 3.05) is 31.1 Å². The molecule has 138 valence electrons. The van der Waals surface area contributed by atoms with Gasteiger partial charge in [0, 0.05) is 37.3 Å². The molecular formula is C22H22N2O3. The molecule has 1 fully saturated rings. The van der Waals surface area contributed by atoms with E-state index in [1.165, 1.54) is 11.3 Å². The summed E-state index contributed by atoms with van der Waals surface area (Å²) in [6, 6.07) is 17.3. The number of rotatable bonds is 3. The molecular weight excluding hydrogens is 340 g/mol. The first-order valence-electron chi connectivity index (χ1n) is 9.32. The Morgan fingerprint density at radius 3 is 2.48 bits per heavy atom. The highest BCUT2D eigenvalue weighted by Crippen LogP contribution is 2.23. The number of hydrogen-bond donors (Lipinski definition) is 0. The van der Waals surface area contributed by atoms with Crippen molar-refractivity contribution in [3.63, 3.8) is 0 Å². The molecule has 4 rings (SSSR count). The Kier molecular flexibility index (Phi) is 4.67. The maximum atomic E-state index is 12.9. The highest BCUT2D eigenvalue weighted by molar-refractivity contribution is 5.96. The molecule has 1 amide bonds. The highest BCUT2D eigenvalue weighted by atomic mass is 16.4. The normalized spacial score (nSPS) is 14.6. The molecule has 2 aromatic carbocycles. The van der Waals surface area contributed by atoms with Crippen LogP contribution in [0, 0.1) is 0 Å². The number of nitrogens with zero attached hydrogens (tertiary/aromatic N) is 2. The number of hydrogen-bond acceptors (Lipinski definition) is 4. The van der Waals surface area contributed by atoms with E-state index >= 15 is 0 Å². The molecule has 0 radical (unpaired) electrons. The second kappa shape index (κ2) is 7.27. The van der Waals surface area contributed by atoms with Crippen LogP contribution in [0.1, 0.15) is 22.8 Å². The zero-order valence-corrected chi connectivity index (χ0v) is 15.4. The zero-order chi connectivity index (χ0) is 18.8. The van der Waals surface area contributed by atoms with E-state index in [-0.39, 0.29) is 11.5 Å². The number of aryl methyl sites for hydroxylation is 1. The third-order valence-corrected chi connectivity index (χ3v) is 5.15. The van der Waals surface area contributed by atoms with Crippen LogP contribution in [0.5, 0.6) is 0 Å². The first-order chi connectivity index (χ1) is 13.2. The van der Waals surface area contributed by atoms with Crippen molar-refractivity contribution in [2.45, 2.75) is 13.3 Å². The van der Waals surface area contributed by atoms with Crippen LogP contribution in [0.25, 0.3) is 11.0 Å². The molecule has 0 N–H and O–H groups in total. The van der Waals surface area contributed by atoms with Gasteiger partial charge in [-0.05, 0) is 30.2 Å². The maximum Gasteiger partial charge on any atom is 0.349 e. The molecule has 0 spiro atoms. The van der Waals surface area contributed by atoms with Gasteiger partial charge >= 0.3 is 5.63 Å². The van der Waals surface area contributed by atoms with Crippen molar-refractivity contribution in [3.05, 3.63) is 76.1 Å². The minimum Gasteiger partial charge on any atom is -0.422 e. The molecule has 1 aromatic heterocycles. The van der Waals surface area contributed by atoms with E-state index in [2.05, 4.69) is 30.0 Å². The third-order valence-electron chi connectivity index (χ3n) is 5.15. The molecule has 0 atom stereocenters. The number of para-hydroxylation sites is 2. The van der Waals surface area contributed by atoms with Gasteiger partial charge in [0.15, 0.2) is 0 Å². The number of benzene rings is 2. The molecule has 27 heavy (non-hydrogen) atoms. The van der Waals surface area contributed by atoms with Crippen LogP contribution < -0.4 is 10.5 Å². The topological polar surface area (TPSA) is 53.8 Å². The van der Waals surface area contributed by atoms with Crippen LogP contribution in [-0.4, -0.2) is 37.0 Å². The monoisotopic (exact) mass is 362 g/mol. The van der Waals surface area contributed by atoms with Gasteiger partial charge in [-0.1, -0.05) is 43.3 Å². The predicted molar refractivity (Wildman–Crippen MR) is 106 cm³/mol. The van der Waals surface area contributed by atoms with Crippen LogP contribution in [0.15, 0.2) is 63.8 Å². The quantitative estimate of drug-likeness (QED) is 0.671. The summed E-state index contributed by atoms with van der Waals surface area (Å²) >= 11 is 0. The van der Waals surface area contributed by atoms with Gasteiger partial charge in [0.05, 0.1) is 0 Å². The zero-order valence-electron chi connectivity index (χ0n) is 15.4. The Hall–Kier alpha value is -3.08. The molecule has 0 unspecified atom stereocenters. The fraction of sp³-hybridized carbons (Fsp3) is 0.273. The molecule has 1 saturated heterocycles. The largest absolute Gasteiger partial charge is 0.422 e. The van der Waals surface area contributed by atoms with Crippen LogP contribution in [0.2, 0.25) is 0 Å². The number of carbonyl (C=O) groups excluding carboxylic acids is 1. The summed E-state index contributed by atoms with van der Waals surface area (Å²) in [5.74, 6) is -0.252. The summed E-state index contributed by atoms with van der Waals surface area (Å²) in [6.07, 6.45) is 0.980. The van der Waals surface area contributed by atoms with Crippen molar-refractivity contribution in [2.24, 2.45) is 0 Å². The molecule has 0 bridgehead atoms. The average Bonchev–Trinajstić information content (AvgIpc) is 2.73. The summed E-state index contributed by atoms with van der Waals surface area (Å²) in [6.45, 7) is 4.83. The van der Waals surface area contributed by atoms with Crippen LogP contribution in [0.3, 0.4) is 0 Å². The molecule has 5 heteroatoms. The van der Waals surface area contributed by atoms with E-state index in [9.17, 15) is 9.59 Å². The third kappa shape index (κ3) is 3.33. The smallest absolute Gasteiger partial charge is 0.349 e. The molecule has 3 aromatic rings. The SMILES string of the molecule is CCc1ccccc1N1CCN(C(=O)c2cc3ccccc3oc2=O)CC1. The lowest BCUT2D eigenvalue weighted by molar-refractivity contribution is 0.0742. The van der Waals surface area contributed by atoms with Crippen molar-refractivity contribution in [1.29, 1.82) is 0 Å². The lowest BCUT2D eigenvalue weighted by Gasteiger charge is -2.36. The number of carbonyl (C=O) groups is 1. The second-order valence-corrected chi connectivity index (χ2v) is 6.75. The second-order valence-electron chi connectivity index (χ2n) is 6.75. The minimum atomic E-state index is -0.572. The van der Waals surface area contributed by atoms with Gasteiger partial charge in [-0.3, -0.25) is 4.79 Å². The van der Waals surface area contributed by atoms with Gasteiger partial charge in [0.25, 0.3) is 5.91 Å². The van der Waals surface area contributed by atoms with Gasteiger partial charge in [0.2, 0.25) is 0 Å². The standard InChI is InChI=1S/C22H22N2O3/c1-2-16-7-3-5-9-19(16)23-11-13-24(14-12-23)21(25)18-15-17-8-4-6-10-20(17)27-22(18)26/h3-10,15H,2,11-14H2,1H3. The van der Waals surface area contributed by atoms with Crippen LogP contribution in [-0.2, 0) is 6.42 Å². The lowest BCUT2D eigenvalue weighted by atomic mass is 10.1. The number of piperazine rings is 1. The summed E-state index contributed by atoms with van der Waals surface area (Å²) in [7, 11) is 0. The summed E-state index contributed by atoms with van der Waals surface area (Å²) in [5.41, 5.74) is 2.58. The number of fused-ring (bicyclic) bond motifs is 1. The maximum absolute atomic E-state index is 12.9. The van der Waals surface area contributed by atoms with Gasteiger partial charge in [-0.15, -0.1) is 0 Å². The van der Waals surface area contributed by atoms with E-state index < -0.39 is 5.63 Å². The number of amides is 1. The lowest BCUT2D eigenvalue weighted by Crippen LogP contribution is -2.49. The van der Waals surface area contributed by atoms with E-state index in [4.69, 9.17) is 4.42 Å². The van der Waals surface area contributed by atoms with Gasteiger partial charge in [-0.25, -0.2) is 4.79 Å². The first kappa shape index (κ1) is 17.3. The number of anilines is 1. The fourth-order valence-corrected chi connectivity index (χ4v) is 3.65. The summed E-state index contributed by atoms with van der Waals surface area (Å²) < 4.78 is 5.31. The van der Waals surface area contributed by atoms with E-state index in [1.54, 1.807) is 23.1 Å². The Labute approximate surface area is 157 Å². The Morgan fingerprint density at radius 2 is 1.70 bits per heavy atom. The predicted octanol–water partition coefficient (Wildman–Crippen LogP) is 3.32. The molecule has 5 nitrogen and oxygen atoms in total. The van der Waals surface area contributed by atoms with Gasteiger partial charge in [0.1, 0.15) is 11.1 Å². The van der Waals surface area contributed by atoms with Crippen molar-refractivity contribution < 1.29 is 9.21 Å². The molecule has 2 heterocycles. The Balaban J connectivity index is 1.52. The van der Waals surface area contributed by atoms with Crippen molar-refractivity contribution in [3.8, 4) is 0 Å². The summed E-state index contributed by atoms with van der Waals surface area (Å²) in [4.78, 5) is 29.2. The molecule has 1 aliphatic heterocycles. The molecule has 0 saturated carbocycles. The fourth-order valence-electron chi connectivity index (χ4n) is 3.65. The van der Waals surface area contributed by atoms with Crippen molar-refractivity contribution >= 4 is 22.6 Å². The summed E-state index contributed by atoms with van der Waals surface area (Å²) in [5, 5.41) is 0.760. The molecule has 0 aliphatic carbocycles. The van der Waals surface area contributed by atoms with E-state index in [0.29, 0.717) is 18.7 Å². The van der Waals surface area contributed by atoms with Gasteiger partial charge in [-0.2, -0.15) is 0 Å². The minimum absolute atomic E-state index is 0.108. The van der Waals surface area contributed by atoms with E-state index in [0.717, 1.165) is 24.9 Å². The van der Waals surface area contributed by atoms with Crippen molar-refractivity contribution in [1.82, 2.24) is 4.90 Å².